The molecule has 0 saturated heterocycles. The fourth-order valence-electron chi connectivity index (χ4n) is 0.912. The smallest absolute Gasteiger partial charge is 0.374 e. The standard InChI is InChI=1S/C7H18O3Si.C4H5O2/c1-5-8-11(4,9-6-2)10-7-3;1-3(2)4(5)6/h5-7H2,1-4H3;1H2,2H3. The van der Waals surface area contributed by atoms with Gasteiger partial charge in [-0.15, -0.1) is 0 Å². The van der Waals surface area contributed by atoms with E-state index in [9.17, 15) is 9.90 Å². The van der Waals surface area contributed by atoms with Crippen LogP contribution in [0.4, 0.5) is 0 Å². The van der Waals surface area contributed by atoms with Crippen LogP contribution < -0.4 is 0 Å². The quantitative estimate of drug-likeness (QED) is 0.521. The molecule has 101 valence electrons. The average Bonchev–Trinajstić information content (AvgIpc) is 2.19. The molecule has 0 aliphatic carbocycles. The minimum Gasteiger partial charge on any atom is -0.374 e. The number of carbonyl (C=O) groups is 1. The van der Waals surface area contributed by atoms with Crippen LogP contribution in [0.3, 0.4) is 0 Å². The van der Waals surface area contributed by atoms with Crippen molar-refractivity contribution in [2.45, 2.75) is 34.2 Å². The van der Waals surface area contributed by atoms with E-state index in [0.717, 1.165) is 0 Å². The second-order valence-electron chi connectivity index (χ2n) is 3.23. The minimum absolute atomic E-state index is 0.0648. The van der Waals surface area contributed by atoms with Gasteiger partial charge in [-0.1, -0.05) is 6.58 Å². The van der Waals surface area contributed by atoms with E-state index in [4.69, 9.17) is 13.3 Å². The highest BCUT2D eigenvalue weighted by molar-refractivity contribution is 6.59. The van der Waals surface area contributed by atoms with E-state index < -0.39 is 14.8 Å². The minimum atomic E-state index is -2.25. The Bertz CT molecular complexity index is 201. The summed E-state index contributed by atoms with van der Waals surface area (Å²) in [6.45, 7) is 14.2. The normalized spacial score (nSPS) is 10.4. The Morgan fingerprint density at radius 1 is 1.06 bits per heavy atom. The molecule has 0 bridgehead atoms. The molecule has 1 radical (unpaired) electrons. The largest absolute Gasteiger partial charge is 0.497 e. The summed E-state index contributed by atoms with van der Waals surface area (Å²) in [5.41, 5.74) is 0.0648. The molecule has 0 aromatic rings. The Labute approximate surface area is 105 Å². The Kier molecular flexibility index (Phi) is 11.5. The van der Waals surface area contributed by atoms with Crippen LogP contribution in [0, 0.1) is 0 Å². The van der Waals surface area contributed by atoms with Crippen molar-refractivity contribution in [3.05, 3.63) is 12.2 Å². The van der Waals surface area contributed by atoms with Crippen LogP contribution in [0.2, 0.25) is 6.55 Å². The lowest BCUT2D eigenvalue weighted by Crippen LogP contribution is -2.42. The SMILES string of the molecule is C=C(C)C([O])=O.CCO[Si](C)(OCC)OCC. The van der Waals surface area contributed by atoms with Gasteiger partial charge in [-0.3, -0.25) is 0 Å². The first kappa shape index (κ1) is 18.7. The predicted molar refractivity (Wildman–Crippen MR) is 67.0 cm³/mol. The van der Waals surface area contributed by atoms with Crippen LogP contribution >= 0.6 is 0 Å². The van der Waals surface area contributed by atoms with E-state index in [0.29, 0.717) is 19.8 Å². The van der Waals surface area contributed by atoms with E-state index in [1.165, 1.54) is 6.92 Å². The van der Waals surface area contributed by atoms with Crippen molar-refractivity contribution >= 4 is 14.8 Å². The zero-order valence-electron chi connectivity index (χ0n) is 11.4. The molecule has 0 rings (SSSR count). The lowest BCUT2D eigenvalue weighted by molar-refractivity contribution is -0.138. The molecule has 17 heavy (non-hydrogen) atoms. The van der Waals surface area contributed by atoms with Gasteiger partial charge in [-0.25, -0.2) is 9.90 Å². The third-order valence-electron chi connectivity index (χ3n) is 1.57. The summed E-state index contributed by atoms with van der Waals surface area (Å²) in [7, 11) is -2.25. The molecule has 5 nitrogen and oxygen atoms in total. The second kappa shape index (κ2) is 10.5. The molecule has 0 amide bonds. The van der Waals surface area contributed by atoms with E-state index >= 15 is 0 Å². The van der Waals surface area contributed by atoms with E-state index in [-0.39, 0.29) is 5.57 Å². The van der Waals surface area contributed by atoms with Gasteiger partial charge in [0.2, 0.25) is 0 Å². The predicted octanol–water partition coefficient (Wildman–Crippen LogP) is 2.18. The van der Waals surface area contributed by atoms with Crippen LogP contribution in [0.1, 0.15) is 27.7 Å². The van der Waals surface area contributed by atoms with Crippen molar-refractivity contribution in [1.29, 1.82) is 0 Å². The number of hydrogen-bond acceptors (Lipinski definition) is 4. The first-order valence-electron chi connectivity index (χ1n) is 5.61. The van der Waals surface area contributed by atoms with Gasteiger partial charge in [0.1, 0.15) is 0 Å². The van der Waals surface area contributed by atoms with E-state index in [1.54, 1.807) is 0 Å². The Morgan fingerprint density at radius 2 is 1.29 bits per heavy atom. The van der Waals surface area contributed by atoms with Crippen molar-refractivity contribution in [2.75, 3.05) is 19.8 Å². The molecule has 0 aromatic heterocycles. The molecule has 0 aromatic carbocycles. The Morgan fingerprint density at radius 3 is 1.41 bits per heavy atom. The van der Waals surface area contributed by atoms with E-state index in [2.05, 4.69) is 6.58 Å². The monoisotopic (exact) mass is 263 g/mol. The van der Waals surface area contributed by atoms with Crippen LogP contribution in [0.25, 0.3) is 0 Å². The molecule has 0 unspecified atom stereocenters. The van der Waals surface area contributed by atoms with Gasteiger partial charge in [0, 0.05) is 31.9 Å². The maximum absolute atomic E-state index is 9.49. The molecule has 0 atom stereocenters. The zero-order chi connectivity index (χ0) is 13.9. The molecular formula is C11H23O5Si. The van der Waals surface area contributed by atoms with E-state index in [1.807, 2.05) is 27.3 Å². The molecule has 0 aliphatic rings. The van der Waals surface area contributed by atoms with Crippen LogP contribution in [0.15, 0.2) is 12.2 Å². The van der Waals surface area contributed by atoms with Gasteiger partial charge in [-0.2, -0.15) is 0 Å². The lowest BCUT2D eigenvalue weighted by Gasteiger charge is -2.23. The molecule has 0 saturated carbocycles. The maximum Gasteiger partial charge on any atom is 0.497 e. The van der Waals surface area contributed by atoms with Crippen molar-refractivity contribution in [1.82, 2.24) is 0 Å². The molecule has 0 fully saturated rings. The van der Waals surface area contributed by atoms with Gasteiger partial charge in [0.25, 0.3) is 0 Å². The number of hydrogen-bond donors (Lipinski definition) is 0. The molecule has 0 N–H and O–H groups in total. The summed E-state index contributed by atoms with van der Waals surface area (Å²) in [6, 6.07) is 0. The highest BCUT2D eigenvalue weighted by Gasteiger charge is 2.32. The fraction of sp³-hybridized carbons (Fsp3) is 0.727. The first-order valence-corrected chi connectivity index (χ1v) is 7.84. The first-order chi connectivity index (χ1) is 7.82. The topological polar surface area (TPSA) is 64.7 Å². The highest BCUT2D eigenvalue weighted by Crippen LogP contribution is 2.08. The number of carbonyl (C=O) groups excluding carboxylic acids is 1. The third kappa shape index (κ3) is 11.6. The van der Waals surface area contributed by atoms with Gasteiger partial charge in [0.15, 0.2) is 0 Å². The van der Waals surface area contributed by atoms with Crippen LogP contribution in [-0.4, -0.2) is 34.6 Å². The van der Waals surface area contributed by atoms with Gasteiger partial charge in [-0.05, 0) is 27.7 Å². The Hall–Kier alpha value is -0.693. The molecule has 0 spiro atoms. The van der Waals surface area contributed by atoms with Crippen molar-refractivity contribution in [2.24, 2.45) is 0 Å². The molecule has 0 aliphatic heterocycles. The molecule has 6 heteroatoms. The average molecular weight is 263 g/mol. The van der Waals surface area contributed by atoms with Gasteiger partial charge >= 0.3 is 14.8 Å². The zero-order valence-corrected chi connectivity index (χ0v) is 12.4. The Balaban J connectivity index is 0. The molecular weight excluding hydrogens is 240 g/mol. The van der Waals surface area contributed by atoms with Crippen LogP contribution in [0.5, 0.6) is 0 Å². The van der Waals surface area contributed by atoms with Crippen molar-refractivity contribution < 1.29 is 23.2 Å². The van der Waals surface area contributed by atoms with Gasteiger partial charge < -0.3 is 13.3 Å². The summed E-state index contributed by atoms with van der Waals surface area (Å²) in [4.78, 5) is 9.49. The highest BCUT2D eigenvalue weighted by atomic mass is 28.4. The van der Waals surface area contributed by atoms with Crippen LogP contribution in [-0.2, 0) is 23.2 Å². The summed E-state index contributed by atoms with van der Waals surface area (Å²) >= 11 is 0. The lowest BCUT2D eigenvalue weighted by atomic mass is 10.4. The van der Waals surface area contributed by atoms with Gasteiger partial charge in [0.05, 0.1) is 0 Å². The third-order valence-corrected chi connectivity index (χ3v) is 4.01. The second-order valence-corrected chi connectivity index (χ2v) is 5.82. The summed E-state index contributed by atoms with van der Waals surface area (Å²) in [5.74, 6) is -1.19. The number of rotatable bonds is 7. The maximum atomic E-state index is 9.49. The summed E-state index contributed by atoms with van der Waals surface area (Å²) in [6.07, 6.45) is 0. The summed E-state index contributed by atoms with van der Waals surface area (Å²) < 4.78 is 16.2. The fourth-order valence-corrected chi connectivity index (χ4v) is 2.73. The summed E-state index contributed by atoms with van der Waals surface area (Å²) in [5, 5.41) is 9.49. The van der Waals surface area contributed by atoms with Crippen molar-refractivity contribution in [3.63, 3.8) is 0 Å². The van der Waals surface area contributed by atoms with Crippen molar-refractivity contribution in [3.8, 4) is 0 Å². The molecule has 0 heterocycles.